The van der Waals surface area contributed by atoms with Crippen molar-refractivity contribution < 1.29 is 9.53 Å². The monoisotopic (exact) mass is 343 g/mol. The van der Waals surface area contributed by atoms with Crippen LogP contribution in [0.1, 0.15) is 36.2 Å². The van der Waals surface area contributed by atoms with Crippen LogP contribution >= 0.6 is 15.9 Å². The lowest BCUT2D eigenvalue weighted by Gasteiger charge is -2.26. The van der Waals surface area contributed by atoms with Crippen LogP contribution in [0.4, 0.5) is 0 Å². The second-order valence-corrected chi connectivity index (χ2v) is 6.46. The Morgan fingerprint density at radius 3 is 2.70 bits per heavy atom. The minimum absolute atomic E-state index is 0.0561. The normalized spacial score (nSPS) is 17.9. The molecule has 1 fully saturated rings. The molecule has 0 unspecified atom stereocenters. The molecule has 0 aliphatic heterocycles. The van der Waals surface area contributed by atoms with E-state index in [-0.39, 0.29) is 5.78 Å². The van der Waals surface area contributed by atoms with E-state index in [1.165, 1.54) is 0 Å². The third-order valence-electron chi connectivity index (χ3n) is 3.98. The number of carbonyl (C=O) groups excluding carboxylic acids is 1. The molecule has 112 valence electrons. The Bertz CT molecular complexity index is 479. The van der Waals surface area contributed by atoms with Crippen LogP contribution in [0.15, 0.2) is 10.7 Å². The number of Topliss-reactive ketones (excluding diaryl/α,β-unsaturated/α-hetero) is 1. The first-order valence-electron chi connectivity index (χ1n) is 6.96. The highest BCUT2D eigenvalue weighted by molar-refractivity contribution is 9.10. The fraction of sp³-hybridized carbons (Fsp3) is 0.714. The molecule has 1 aromatic heterocycles. The third-order valence-corrected chi connectivity index (χ3v) is 4.56. The number of methoxy groups -OCH3 is 1. The van der Waals surface area contributed by atoms with Gasteiger partial charge in [-0.25, -0.2) is 0 Å². The van der Waals surface area contributed by atoms with Crippen LogP contribution in [0.2, 0.25) is 0 Å². The lowest BCUT2D eigenvalue weighted by molar-refractivity contribution is 0.00503. The third kappa shape index (κ3) is 2.97. The molecular weight excluding hydrogens is 322 g/mol. The maximum Gasteiger partial charge on any atom is 0.213 e. The Balaban J connectivity index is 2.27. The second-order valence-electron chi connectivity index (χ2n) is 5.60. The summed E-state index contributed by atoms with van der Waals surface area (Å²) in [5.41, 5.74) is -0.0195. The highest BCUT2D eigenvalue weighted by atomic mass is 79.9. The molecule has 2 rings (SSSR count). The van der Waals surface area contributed by atoms with Gasteiger partial charge in [-0.15, -0.1) is 0 Å². The first kappa shape index (κ1) is 15.7. The summed E-state index contributed by atoms with van der Waals surface area (Å²) in [7, 11) is 5.65. The van der Waals surface area contributed by atoms with Crippen molar-refractivity contribution in [3.63, 3.8) is 0 Å². The van der Waals surface area contributed by atoms with Gasteiger partial charge in [0.15, 0.2) is 0 Å². The molecule has 0 atom stereocenters. The van der Waals surface area contributed by atoms with E-state index < -0.39 is 5.60 Å². The highest BCUT2D eigenvalue weighted by Crippen LogP contribution is 2.37. The molecule has 0 radical (unpaired) electrons. The molecule has 0 N–H and O–H groups in total. The van der Waals surface area contributed by atoms with E-state index >= 15 is 0 Å². The number of likely N-dealkylation sites (N-methyl/N-ethyl adjacent to an activating group) is 1. The molecule has 1 saturated carbocycles. The Labute approximate surface area is 128 Å². The zero-order chi connectivity index (χ0) is 14.8. The summed E-state index contributed by atoms with van der Waals surface area (Å²) < 4.78 is 8.14. The van der Waals surface area contributed by atoms with Gasteiger partial charge in [-0.3, -0.25) is 9.48 Å². The molecule has 20 heavy (non-hydrogen) atoms. The van der Waals surface area contributed by atoms with Gasteiger partial charge in [0.25, 0.3) is 0 Å². The smallest absolute Gasteiger partial charge is 0.213 e. The number of hydrogen-bond acceptors (Lipinski definition) is 4. The average molecular weight is 344 g/mol. The van der Waals surface area contributed by atoms with E-state index in [1.54, 1.807) is 18.0 Å². The molecule has 0 aromatic carbocycles. The lowest BCUT2D eigenvalue weighted by Crippen LogP contribution is -2.39. The van der Waals surface area contributed by atoms with Gasteiger partial charge in [0.05, 0.1) is 17.2 Å². The largest absolute Gasteiger partial charge is 0.370 e. The molecule has 0 saturated heterocycles. The summed E-state index contributed by atoms with van der Waals surface area (Å²) in [6, 6.07) is 0. The molecule has 1 aromatic rings. The van der Waals surface area contributed by atoms with Gasteiger partial charge in [-0.2, -0.15) is 5.10 Å². The molecule has 0 bridgehead atoms. The molecule has 5 nitrogen and oxygen atoms in total. The van der Waals surface area contributed by atoms with E-state index in [9.17, 15) is 4.79 Å². The summed E-state index contributed by atoms with van der Waals surface area (Å²) in [4.78, 5) is 15.0. The van der Waals surface area contributed by atoms with Crippen molar-refractivity contribution in [1.82, 2.24) is 14.7 Å². The van der Waals surface area contributed by atoms with Crippen LogP contribution < -0.4 is 0 Å². The Morgan fingerprint density at radius 2 is 2.15 bits per heavy atom. The van der Waals surface area contributed by atoms with Crippen LogP contribution in [0.5, 0.6) is 0 Å². The predicted octanol–water partition coefficient (Wildman–Crippen LogP) is 2.35. The molecule has 6 heteroatoms. The van der Waals surface area contributed by atoms with Crippen molar-refractivity contribution in [2.24, 2.45) is 0 Å². The Hall–Kier alpha value is -0.720. The van der Waals surface area contributed by atoms with E-state index in [1.807, 2.05) is 14.1 Å². The van der Waals surface area contributed by atoms with Gasteiger partial charge in [0.2, 0.25) is 5.78 Å². The first-order valence-corrected chi connectivity index (χ1v) is 7.75. The summed E-state index contributed by atoms with van der Waals surface area (Å²) in [5.74, 6) is 0.0561. The quantitative estimate of drug-likeness (QED) is 0.744. The topological polar surface area (TPSA) is 47.4 Å². The molecule has 1 aliphatic carbocycles. The van der Waals surface area contributed by atoms with Crippen molar-refractivity contribution in [3.05, 3.63) is 16.4 Å². The molecule has 1 aliphatic rings. The van der Waals surface area contributed by atoms with Gasteiger partial charge in [0, 0.05) is 13.7 Å². The molecule has 0 amide bonds. The summed E-state index contributed by atoms with van der Waals surface area (Å²) in [6.45, 7) is 1.54. The van der Waals surface area contributed by atoms with Crippen LogP contribution in [-0.4, -0.2) is 53.8 Å². The van der Waals surface area contributed by atoms with Crippen LogP contribution in [0, 0.1) is 0 Å². The van der Waals surface area contributed by atoms with E-state index in [4.69, 9.17) is 4.74 Å². The fourth-order valence-electron chi connectivity index (χ4n) is 2.74. The number of halogens is 1. The van der Waals surface area contributed by atoms with Crippen molar-refractivity contribution >= 4 is 21.7 Å². The SMILES string of the molecule is COC1(C(=O)c2c(Br)cnn2CCN(C)C)CCCC1. The molecular formula is C14H22BrN3O2. The van der Waals surface area contributed by atoms with Gasteiger partial charge < -0.3 is 9.64 Å². The zero-order valence-corrected chi connectivity index (χ0v) is 13.9. The summed E-state index contributed by atoms with van der Waals surface area (Å²) >= 11 is 3.45. The van der Waals surface area contributed by atoms with Gasteiger partial charge in [-0.1, -0.05) is 0 Å². The van der Waals surface area contributed by atoms with Crippen molar-refractivity contribution in [2.75, 3.05) is 27.7 Å². The van der Waals surface area contributed by atoms with E-state index in [0.717, 1.165) is 36.7 Å². The summed E-state index contributed by atoms with van der Waals surface area (Å²) in [5, 5.41) is 4.31. The van der Waals surface area contributed by atoms with Gasteiger partial charge >= 0.3 is 0 Å². The number of carbonyl (C=O) groups is 1. The zero-order valence-electron chi connectivity index (χ0n) is 12.4. The number of rotatable bonds is 6. The first-order chi connectivity index (χ1) is 9.50. The highest BCUT2D eigenvalue weighted by Gasteiger charge is 2.43. The minimum Gasteiger partial charge on any atom is -0.370 e. The Morgan fingerprint density at radius 1 is 1.50 bits per heavy atom. The maximum absolute atomic E-state index is 12.9. The second kappa shape index (κ2) is 6.37. The molecule has 0 spiro atoms. The van der Waals surface area contributed by atoms with Crippen molar-refractivity contribution in [1.29, 1.82) is 0 Å². The lowest BCUT2D eigenvalue weighted by atomic mass is 9.94. The number of ketones is 1. The van der Waals surface area contributed by atoms with Gasteiger partial charge in [0.1, 0.15) is 11.3 Å². The minimum atomic E-state index is -0.654. The maximum atomic E-state index is 12.9. The van der Waals surface area contributed by atoms with Gasteiger partial charge in [-0.05, 0) is 55.7 Å². The number of hydrogen-bond donors (Lipinski definition) is 0. The molecule has 1 heterocycles. The predicted molar refractivity (Wildman–Crippen MR) is 81.0 cm³/mol. The van der Waals surface area contributed by atoms with Crippen molar-refractivity contribution in [2.45, 2.75) is 37.8 Å². The van der Waals surface area contributed by atoms with E-state index in [2.05, 4.69) is 25.9 Å². The average Bonchev–Trinajstić information content (AvgIpc) is 3.03. The van der Waals surface area contributed by atoms with Crippen LogP contribution in [0.25, 0.3) is 0 Å². The summed E-state index contributed by atoms with van der Waals surface area (Å²) in [6.07, 6.45) is 5.38. The number of ether oxygens (including phenoxy) is 1. The Kier molecular flexibility index (Phi) is 4.99. The fourth-order valence-corrected chi connectivity index (χ4v) is 3.21. The van der Waals surface area contributed by atoms with E-state index in [0.29, 0.717) is 12.2 Å². The van der Waals surface area contributed by atoms with Crippen LogP contribution in [0.3, 0.4) is 0 Å². The standard InChI is InChI=1S/C14H22BrN3O2/c1-17(2)8-9-18-12(11(15)10-16-18)13(19)14(20-3)6-4-5-7-14/h10H,4-9H2,1-3H3. The van der Waals surface area contributed by atoms with Crippen molar-refractivity contribution in [3.8, 4) is 0 Å². The van der Waals surface area contributed by atoms with Crippen LogP contribution in [-0.2, 0) is 11.3 Å². The number of nitrogens with zero attached hydrogens (tertiary/aromatic N) is 3. The number of aromatic nitrogens is 2.